The van der Waals surface area contributed by atoms with E-state index in [1.54, 1.807) is 42.5 Å². The number of nitrogens with zero attached hydrogens (tertiary/aromatic N) is 1. The van der Waals surface area contributed by atoms with Crippen molar-refractivity contribution in [1.29, 1.82) is 0 Å². The van der Waals surface area contributed by atoms with Crippen LogP contribution in [0.5, 0.6) is 40.2 Å². The summed E-state index contributed by atoms with van der Waals surface area (Å²) >= 11 is 6.74. The summed E-state index contributed by atoms with van der Waals surface area (Å²) in [5.74, 6) is -2.77. The molecular formula is C62H68ClN3O9. The number of aryl methyl sites for hydroxylation is 2. The summed E-state index contributed by atoms with van der Waals surface area (Å²) in [5.41, 5.74) is 2.05. The maximum Gasteiger partial charge on any atom is 0.337 e. The molecular weight excluding hydrogens is 966 g/mol. The lowest BCUT2D eigenvalue weighted by atomic mass is 9.80. The normalized spacial score (nSPS) is 11.6. The van der Waals surface area contributed by atoms with Crippen molar-refractivity contribution in [3.05, 3.63) is 152 Å². The van der Waals surface area contributed by atoms with Gasteiger partial charge in [-0.2, -0.15) is 0 Å². The van der Waals surface area contributed by atoms with Crippen LogP contribution in [0.25, 0.3) is 4.85 Å². The van der Waals surface area contributed by atoms with E-state index in [0.717, 1.165) is 49.7 Å². The van der Waals surface area contributed by atoms with E-state index >= 15 is 9.59 Å². The lowest BCUT2D eigenvalue weighted by Gasteiger charge is -2.27. The van der Waals surface area contributed by atoms with Gasteiger partial charge in [0.2, 0.25) is 17.3 Å². The molecule has 6 aromatic carbocycles. The van der Waals surface area contributed by atoms with Crippen molar-refractivity contribution in [3.63, 3.8) is 0 Å². The second-order valence-corrected chi connectivity index (χ2v) is 19.5. The van der Waals surface area contributed by atoms with Crippen LogP contribution in [-0.4, -0.2) is 42.0 Å². The van der Waals surface area contributed by atoms with Gasteiger partial charge in [-0.1, -0.05) is 146 Å². The molecule has 0 atom stereocenters. The van der Waals surface area contributed by atoms with Crippen molar-refractivity contribution in [3.8, 4) is 40.2 Å². The fraction of sp³-hybridized carbons (Fsp3) is 0.355. The van der Waals surface area contributed by atoms with E-state index in [1.807, 2.05) is 24.3 Å². The summed E-state index contributed by atoms with van der Waals surface area (Å²) in [7, 11) is 2.69. The first-order valence-corrected chi connectivity index (χ1v) is 26.8. The molecule has 7 rings (SSSR count). The van der Waals surface area contributed by atoms with Crippen LogP contribution >= 0.6 is 11.6 Å². The van der Waals surface area contributed by atoms with Gasteiger partial charge in [0.25, 0.3) is 0 Å². The van der Waals surface area contributed by atoms with Gasteiger partial charge in [0.05, 0.1) is 70.7 Å². The number of ether oxygens (including phenoxy) is 4. The van der Waals surface area contributed by atoms with E-state index in [9.17, 15) is 15.0 Å². The molecule has 0 unspecified atom stereocenters. The van der Waals surface area contributed by atoms with Crippen LogP contribution in [0.3, 0.4) is 0 Å². The molecule has 6 aromatic rings. The predicted molar refractivity (Wildman–Crippen MR) is 297 cm³/mol. The van der Waals surface area contributed by atoms with E-state index in [2.05, 4.69) is 29.3 Å². The van der Waals surface area contributed by atoms with E-state index in [1.165, 1.54) is 122 Å². The first-order valence-electron chi connectivity index (χ1n) is 26.4. The molecule has 0 bridgehead atoms. The maximum absolute atomic E-state index is 15.3. The molecule has 0 radical (unpaired) electrons. The summed E-state index contributed by atoms with van der Waals surface area (Å²) in [6.07, 6.45) is 21.3. The van der Waals surface area contributed by atoms with Gasteiger partial charge in [-0.3, -0.25) is 9.59 Å². The molecule has 0 saturated carbocycles. The number of aromatic hydroxyl groups is 2. The molecule has 75 heavy (non-hydrogen) atoms. The van der Waals surface area contributed by atoms with Gasteiger partial charge < -0.3 is 39.8 Å². The summed E-state index contributed by atoms with van der Waals surface area (Å²) in [6, 6.07) is 27.0. The van der Waals surface area contributed by atoms with Crippen LogP contribution in [0.15, 0.2) is 97.1 Å². The number of methoxy groups -OCH3 is 2. The number of rotatable bonds is 28. The smallest absolute Gasteiger partial charge is 0.337 e. The number of esters is 1. The standard InChI is InChI=1S/C62H68ClN3O9/c1-6-8-10-12-14-16-18-20-22-40-24-30-44(31-25-40)74-52-38-49(65-43-29-35-48(64-3)51(37-43)72-4)54-56(58(52)67)61(70)55-50(66-47-34-28-42(36-46(47)63)62(71)73-5)39-53(59(68)57(55)60(54)69)75-45-32-26-41(27-33-45)23-21-19-17-15-13-11-9-7-2/h24-39,65-68H,6-23H2,1-2,4-5H3. The molecule has 1 aliphatic carbocycles. The highest BCUT2D eigenvalue weighted by atomic mass is 35.5. The largest absolute Gasteiger partial charge is 0.508 e. The number of phenols is 2. The first-order chi connectivity index (χ1) is 36.5. The second-order valence-electron chi connectivity index (χ2n) is 19.1. The monoisotopic (exact) mass is 1030 g/mol. The number of benzene rings is 6. The molecule has 13 heteroatoms. The fourth-order valence-electron chi connectivity index (χ4n) is 9.45. The number of hydrogen-bond donors (Lipinski definition) is 4. The Balaban J connectivity index is 1.25. The summed E-state index contributed by atoms with van der Waals surface area (Å²) < 4.78 is 23.0. The zero-order valence-corrected chi connectivity index (χ0v) is 44.3. The van der Waals surface area contributed by atoms with Crippen LogP contribution in [0.1, 0.15) is 170 Å². The highest BCUT2D eigenvalue weighted by molar-refractivity contribution is 6.35. The molecule has 0 saturated heterocycles. The Morgan fingerprint density at radius 2 is 1.01 bits per heavy atom. The summed E-state index contributed by atoms with van der Waals surface area (Å²) in [4.78, 5) is 46.6. The summed E-state index contributed by atoms with van der Waals surface area (Å²) in [5, 5.41) is 30.8. The Labute approximate surface area is 446 Å². The number of halogens is 1. The molecule has 1 aliphatic rings. The van der Waals surface area contributed by atoms with Crippen LogP contribution in [0.2, 0.25) is 5.02 Å². The van der Waals surface area contributed by atoms with Crippen molar-refractivity contribution in [2.45, 2.75) is 129 Å². The zero-order chi connectivity index (χ0) is 53.3. The fourth-order valence-corrected chi connectivity index (χ4v) is 9.68. The van der Waals surface area contributed by atoms with E-state index in [0.29, 0.717) is 17.2 Å². The average Bonchev–Trinajstić information content (AvgIpc) is 3.42. The van der Waals surface area contributed by atoms with E-state index < -0.39 is 34.6 Å². The summed E-state index contributed by atoms with van der Waals surface area (Å²) in [6.45, 7) is 12.1. The third kappa shape index (κ3) is 14.0. The van der Waals surface area contributed by atoms with Gasteiger partial charge >= 0.3 is 5.97 Å². The van der Waals surface area contributed by atoms with Crippen molar-refractivity contribution in [2.75, 3.05) is 24.9 Å². The van der Waals surface area contributed by atoms with Crippen LogP contribution in [0, 0.1) is 6.57 Å². The van der Waals surface area contributed by atoms with Gasteiger partial charge in [-0.15, -0.1) is 0 Å². The highest BCUT2D eigenvalue weighted by Crippen LogP contribution is 2.51. The Kier molecular flexibility index (Phi) is 20.0. The number of carbonyl (C=O) groups excluding carboxylic acids is 3. The molecule has 392 valence electrons. The third-order valence-electron chi connectivity index (χ3n) is 13.6. The second kappa shape index (κ2) is 27.2. The number of hydrogen-bond acceptors (Lipinski definition) is 11. The Morgan fingerprint density at radius 1 is 0.547 bits per heavy atom. The molecule has 0 fully saturated rings. The molecule has 4 N–H and O–H groups in total. The number of unbranched alkanes of at least 4 members (excludes halogenated alkanes) is 14. The van der Waals surface area contributed by atoms with Crippen LogP contribution in [-0.2, 0) is 17.6 Å². The van der Waals surface area contributed by atoms with Gasteiger partial charge in [0.15, 0.2) is 23.0 Å². The lowest BCUT2D eigenvalue weighted by molar-refractivity contribution is 0.0600. The number of fused-ring (bicyclic) bond motifs is 2. The minimum atomic E-state index is -0.829. The molecule has 0 aliphatic heterocycles. The minimum absolute atomic E-state index is 0.00705. The number of phenolic OH excluding ortho intramolecular Hbond substituents is 2. The SMILES string of the molecule is [C-]#[N+]c1ccc(Nc2cc(Oc3ccc(CCCCCCCCCC)cc3)c(O)c3c2C(=O)c2c(O)c(Oc4ccc(CCCCCCCCCC)cc4)cc(Nc4ccc(C(=O)OC)cc4Cl)c2C3=O)cc1OC. The lowest BCUT2D eigenvalue weighted by Crippen LogP contribution is -2.24. The number of nitrogens with one attached hydrogen (secondary N) is 2. The van der Waals surface area contributed by atoms with Gasteiger partial charge in [0, 0.05) is 17.8 Å². The Morgan fingerprint density at radius 3 is 1.45 bits per heavy atom. The van der Waals surface area contributed by atoms with Gasteiger partial charge in [-0.25, -0.2) is 9.64 Å². The number of carbonyl (C=O) groups is 3. The molecule has 0 heterocycles. The van der Waals surface area contributed by atoms with Crippen molar-refractivity contribution in [1.82, 2.24) is 0 Å². The molecule has 0 aromatic heterocycles. The highest BCUT2D eigenvalue weighted by Gasteiger charge is 2.41. The number of anilines is 4. The third-order valence-corrected chi connectivity index (χ3v) is 13.9. The zero-order valence-electron chi connectivity index (χ0n) is 43.5. The molecule has 0 spiro atoms. The minimum Gasteiger partial charge on any atom is -0.508 e. The van der Waals surface area contributed by atoms with Crippen molar-refractivity contribution in [2.24, 2.45) is 0 Å². The van der Waals surface area contributed by atoms with Crippen LogP contribution < -0.4 is 24.8 Å². The molecule has 12 nitrogen and oxygen atoms in total. The predicted octanol–water partition coefficient (Wildman–Crippen LogP) is 17.3. The van der Waals surface area contributed by atoms with Gasteiger partial charge in [-0.05, 0) is 91.4 Å². The van der Waals surface area contributed by atoms with Gasteiger partial charge in [0.1, 0.15) is 17.2 Å². The average molecular weight is 1030 g/mol. The van der Waals surface area contributed by atoms with Crippen molar-refractivity contribution >= 4 is 57.6 Å². The Hall–Kier alpha value is -7.49. The van der Waals surface area contributed by atoms with Crippen molar-refractivity contribution < 1.29 is 43.5 Å². The quantitative estimate of drug-likeness (QED) is 0.0160. The maximum atomic E-state index is 15.3. The molecule has 0 amide bonds. The van der Waals surface area contributed by atoms with E-state index in [-0.39, 0.29) is 67.3 Å². The van der Waals surface area contributed by atoms with E-state index in [4.69, 9.17) is 37.1 Å². The number of ketones is 2. The topological polar surface area (TPSA) is 157 Å². The Bertz CT molecular complexity index is 3000. The first kappa shape index (κ1) is 55.3. The van der Waals surface area contributed by atoms with Crippen LogP contribution in [0.4, 0.5) is 28.4 Å².